The molecule has 6 heteroatoms. The lowest BCUT2D eigenvalue weighted by molar-refractivity contribution is 0.0945. The smallest absolute Gasteiger partial charge is 0.273 e. The fourth-order valence-electron chi connectivity index (χ4n) is 1.96. The van der Waals surface area contributed by atoms with Crippen LogP contribution in [0.3, 0.4) is 0 Å². The van der Waals surface area contributed by atoms with E-state index in [1.165, 1.54) is 19.0 Å². The molecule has 1 aromatic rings. The number of aromatic amines is 1. The Kier molecular flexibility index (Phi) is 3.87. The van der Waals surface area contributed by atoms with Gasteiger partial charge in [0.05, 0.1) is 6.20 Å². The van der Waals surface area contributed by atoms with Crippen LogP contribution in [-0.4, -0.2) is 41.0 Å². The van der Waals surface area contributed by atoms with Crippen LogP contribution in [0.5, 0.6) is 0 Å². The minimum absolute atomic E-state index is 0.155. The van der Waals surface area contributed by atoms with E-state index in [1.807, 2.05) is 0 Å². The zero-order valence-electron chi connectivity index (χ0n) is 9.20. The molecular formula is C10H17N5O. The summed E-state index contributed by atoms with van der Waals surface area (Å²) in [5.41, 5.74) is 0.349. The number of rotatable bonds is 4. The third kappa shape index (κ3) is 3.03. The quantitative estimate of drug-likeness (QED) is 0.667. The lowest BCUT2D eigenvalue weighted by Gasteiger charge is -2.22. The lowest BCUT2D eigenvalue weighted by atomic mass is 9.96. The number of hydrogen-bond acceptors (Lipinski definition) is 4. The number of hydrogen-bond donors (Lipinski definition) is 3. The number of nitrogens with zero attached hydrogens (tertiary/aromatic N) is 2. The largest absolute Gasteiger partial charge is 0.351 e. The molecular weight excluding hydrogens is 206 g/mol. The van der Waals surface area contributed by atoms with Crippen molar-refractivity contribution in [2.45, 2.75) is 19.3 Å². The summed E-state index contributed by atoms with van der Waals surface area (Å²) >= 11 is 0. The highest BCUT2D eigenvalue weighted by Gasteiger charge is 2.13. The third-order valence-electron chi connectivity index (χ3n) is 2.88. The molecule has 1 aliphatic heterocycles. The monoisotopic (exact) mass is 223 g/mol. The molecule has 0 aromatic carbocycles. The molecule has 0 saturated carbocycles. The second-order valence-corrected chi connectivity index (χ2v) is 4.11. The van der Waals surface area contributed by atoms with Gasteiger partial charge in [0.15, 0.2) is 5.69 Å². The zero-order valence-corrected chi connectivity index (χ0v) is 9.20. The van der Waals surface area contributed by atoms with Crippen molar-refractivity contribution in [2.24, 2.45) is 5.92 Å². The van der Waals surface area contributed by atoms with Crippen LogP contribution in [-0.2, 0) is 0 Å². The maximum atomic E-state index is 11.5. The molecule has 0 spiro atoms. The highest BCUT2D eigenvalue weighted by molar-refractivity contribution is 5.91. The highest BCUT2D eigenvalue weighted by Crippen LogP contribution is 2.12. The number of nitrogens with one attached hydrogen (secondary N) is 3. The van der Waals surface area contributed by atoms with E-state index in [9.17, 15) is 4.79 Å². The van der Waals surface area contributed by atoms with Gasteiger partial charge in [0, 0.05) is 6.54 Å². The van der Waals surface area contributed by atoms with Crippen LogP contribution in [0, 0.1) is 5.92 Å². The molecule has 1 aliphatic rings. The van der Waals surface area contributed by atoms with Gasteiger partial charge in [-0.1, -0.05) is 0 Å². The van der Waals surface area contributed by atoms with Crippen LogP contribution in [0.4, 0.5) is 0 Å². The van der Waals surface area contributed by atoms with Gasteiger partial charge in [-0.2, -0.15) is 15.4 Å². The fourth-order valence-corrected chi connectivity index (χ4v) is 1.96. The Bertz CT molecular complexity index is 318. The second kappa shape index (κ2) is 5.60. The number of piperidine rings is 1. The normalized spacial score (nSPS) is 20.6. The van der Waals surface area contributed by atoms with Crippen LogP contribution in [0.25, 0.3) is 0 Å². The van der Waals surface area contributed by atoms with Gasteiger partial charge in [0.2, 0.25) is 0 Å². The molecule has 88 valence electrons. The summed E-state index contributed by atoms with van der Waals surface area (Å²) < 4.78 is 0. The Labute approximate surface area is 94.2 Å². The van der Waals surface area contributed by atoms with E-state index in [2.05, 4.69) is 26.0 Å². The molecule has 2 heterocycles. The molecule has 1 atom stereocenters. The average molecular weight is 223 g/mol. The maximum Gasteiger partial charge on any atom is 0.273 e. The molecule has 0 radical (unpaired) electrons. The molecule has 1 fully saturated rings. The minimum Gasteiger partial charge on any atom is -0.351 e. The summed E-state index contributed by atoms with van der Waals surface area (Å²) in [7, 11) is 0. The summed E-state index contributed by atoms with van der Waals surface area (Å²) in [5.74, 6) is 0.531. The van der Waals surface area contributed by atoms with Crippen molar-refractivity contribution in [3.05, 3.63) is 11.9 Å². The highest BCUT2D eigenvalue weighted by atomic mass is 16.1. The standard InChI is InChI=1S/C10H17N5O/c16-10(9-7-13-15-14-9)12-5-3-8-2-1-4-11-6-8/h7-8,11H,1-6H2,(H,12,16)(H,13,14,15). The van der Waals surface area contributed by atoms with Crippen molar-refractivity contribution in [3.8, 4) is 0 Å². The molecule has 2 rings (SSSR count). The van der Waals surface area contributed by atoms with Crippen molar-refractivity contribution in [3.63, 3.8) is 0 Å². The molecule has 1 unspecified atom stereocenters. The lowest BCUT2D eigenvalue weighted by Crippen LogP contribution is -2.33. The number of carbonyl (C=O) groups excluding carboxylic acids is 1. The third-order valence-corrected chi connectivity index (χ3v) is 2.88. The van der Waals surface area contributed by atoms with Crippen LogP contribution < -0.4 is 10.6 Å². The van der Waals surface area contributed by atoms with E-state index in [-0.39, 0.29) is 5.91 Å². The predicted molar refractivity (Wildman–Crippen MR) is 58.9 cm³/mol. The van der Waals surface area contributed by atoms with Gasteiger partial charge >= 0.3 is 0 Å². The van der Waals surface area contributed by atoms with Gasteiger partial charge in [-0.25, -0.2) is 0 Å². The molecule has 3 N–H and O–H groups in total. The van der Waals surface area contributed by atoms with Crippen molar-refractivity contribution in [1.29, 1.82) is 0 Å². The van der Waals surface area contributed by atoms with Crippen LogP contribution >= 0.6 is 0 Å². The first-order valence-corrected chi connectivity index (χ1v) is 5.71. The maximum absolute atomic E-state index is 11.5. The second-order valence-electron chi connectivity index (χ2n) is 4.11. The van der Waals surface area contributed by atoms with Crippen molar-refractivity contribution in [2.75, 3.05) is 19.6 Å². The molecule has 1 aromatic heterocycles. The first-order chi connectivity index (χ1) is 7.86. The number of carbonyl (C=O) groups is 1. The van der Waals surface area contributed by atoms with Crippen molar-refractivity contribution in [1.82, 2.24) is 26.0 Å². The van der Waals surface area contributed by atoms with Gasteiger partial charge in [-0.3, -0.25) is 4.79 Å². The summed E-state index contributed by atoms with van der Waals surface area (Å²) in [6.07, 6.45) is 4.95. The topological polar surface area (TPSA) is 82.7 Å². The average Bonchev–Trinajstić information content (AvgIpc) is 2.84. The number of aromatic nitrogens is 3. The summed E-state index contributed by atoms with van der Waals surface area (Å²) in [4.78, 5) is 11.5. The van der Waals surface area contributed by atoms with Crippen molar-refractivity contribution < 1.29 is 4.79 Å². The predicted octanol–water partition coefficient (Wildman–Crippen LogP) is -0.0758. The van der Waals surface area contributed by atoms with Crippen LogP contribution in [0.2, 0.25) is 0 Å². The van der Waals surface area contributed by atoms with Gasteiger partial charge in [0.1, 0.15) is 0 Å². The SMILES string of the molecule is O=C(NCCC1CCCNC1)c1cn[nH]n1. The van der Waals surface area contributed by atoms with E-state index in [0.717, 1.165) is 19.5 Å². The summed E-state index contributed by atoms with van der Waals surface area (Å²) in [5, 5.41) is 15.9. The van der Waals surface area contributed by atoms with Crippen LogP contribution in [0.15, 0.2) is 6.20 Å². The first-order valence-electron chi connectivity index (χ1n) is 5.71. The zero-order chi connectivity index (χ0) is 11.2. The summed E-state index contributed by atoms with van der Waals surface area (Å²) in [6.45, 7) is 2.90. The van der Waals surface area contributed by atoms with E-state index >= 15 is 0 Å². The Morgan fingerprint density at radius 3 is 3.25 bits per heavy atom. The summed E-state index contributed by atoms with van der Waals surface area (Å²) in [6, 6.07) is 0. The van der Waals surface area contributed by atoms with E-state index < -0.39 is 0 Å². The Morgan fingerprint density at radius 2 is 2.56 bits per heavy atom. The number of H-pyrrole nitrogens is 1. The Balaban J connectivity index is 1.66. The molecule has 6 nitrogen and oxygen atoms in total. The van der Waals surface area contributed by atoms with E-state index in [4.69, 9.17) is 0 Å². The molecule has 0 aliphatic carbocycles. The fraction of sp³-hybridized carbons (Fsp3) is 0.700. The molecule has 16 heavy (non-hydrogen) atoms. The van der Waals surface area contributed by atoms with Crippen LogP contribution in [0.1, 0.15) is 29.8 Å². The molecule has 0 bridgehead atoms. The Hall–Kier alpha value is -1.43. The van der Waals surface area contributed by atoms with E-state index in [0.29, 0.717) is 18.2 Å². The number of amides is 1. The minimum atomic E-state index is -0.155. The molecule has 1 saturated heterocycles. The van der Waals surface area contributed by atoms with Gasteiger partial charge in [0.25, 0.3) is 5.91 Å². The Morgan fingerprint density at radius 1 is 1.62 bits per heavy atom. The first kappa shape index (κ1) is 11.1. The van der Waals surface area contributed by atoms with Gasteiger partial charge in [-0.15, -0.1) is 0 Å². The van der Waals surface area contributed by atoms with Gasteiger partial charge < -0.3 is 10.6 Å². The van der Waals surface area contributed by atoms with Crippen molar-refractivity contribution >= 4 is 5.91 Å². The van der Waals surface area contributed by atoms with Gasteiger partial charge in [-0.05, 0) is 38.3 Å². The van der Waals surface area contributed by atoms with E-state index in [1.54, 1.807) is 0 Å². The molecule has 1 amide bonds.